The fraction of sp³-hybridized carbons (Fsp3) is 0.308. The lowest BCUT2D eigenvalue weighted by atomic mass is 10.3. The Hall–Kier alpha value is -2.06. The van der Waals surface area contributed by atoms with E-state index in [0.717, 1.165) is 0 Å². The molecule has 0 fully saturated rings. The van der Waals surface area contributed by atoms with Crippen molar-refractivity contribution < 1.29 is 13.2 Å². The maximum atomic E-state index is 12.3. The van der Waals surface area contributed by atoms with Crippen LogP contribution in [0.5, 0.6) is 5.75 Å². The van der Waals surface area contributed by atoms with Crippen LogP contribution in [0, 0.1) is 0 Å². The zero-order valence-electron chi connectivity index (χ0n) is 11.7. The number of aryl methyl sites for hydroxylation is 1. The summed E-state index contributed by atoms with van der Waals surface area (Å²) in [5.41, 5.74) is 5.75. The minimum atomic E-state index is -3.73. The van der Waals surface area contributed by atoms with Crippen molar-refractivity contribution in [3.63, 3.8) is 0 Å². The third-order valence-corrected chi connectivity index (χ3v) is 4.01. The maximum absolute atomic E-state index is 12.3. The van der Waals surface area contributed by atoms with Gasteiger partial charge in [-0.3, -0.25) is 4.72 Å². The largest absolute Gasteiger partial charge is 0.490 e. The van der Waals surface area contributed by atoms with Crippen molar-refractivity contribution in [2.75, 3.05) is 17.9 Å². The molecule has 21 heavy (non-hydrogen) atoms. The first kappa shape index (κ1) is 15.3. The molecule has 0 aliphatic carbocycles. The van der Waals surface area contributed by atoms with Crippen molar-refractivity contribution in [3.05, 3.63) is 36.3 Å². The normalized spacial score (nSPS) is 11.3. The van der Waals surface area contributed by atoms with Crippen LogP contribution in [0.25, 0.3) is 0 Å². The molecule has 0 bridgehead atoms. The lowest BCUT2D eigenvalue weighted by Gasteiger charge is -2.12. The van der Waals surface area contributed by atoms with Crippen LogP contribution >= 0.6 is 0 Å². The Bertz CT molecular complexity index is 697. The number of rotatable bonds is 7. The van der Waals surface area contributed by atoms with Crippen molar-refractivity contribution in [2.45, 2.75) is 18.4 Å². The zero-order valence-corrected chi connectivity index (χ0v) is 12.5. The molecule has 1 aromatic heterocycles. The second-order valence-corrected chi connectivity index (χ2v) is 5.94. The molecule has 0 saturated heterocycles. The molecule has 0 aliphatic heterocycles. The summed E-state index contributed by atoms with van der Waals surface area (Å²) >= 11 is 0. The van der Waals surface area contributed by atoms with Crippen LogP contribution < -0.4 is 15.2 Å². The standard InChI is InChI=1S/C13H18N4O3S/c1-2-12-15-9-13(16-12)21(18,19)17-10-5-3-4-6-11(10)20-8-7-14/h3-6,9,17H,2,7-8,14H2,1H3,(H,15,16). The van der Waals surface area contributed by atoms with Gasteiger partial charge in [0.05, 0.1) is 11.9 Å². The Morgan fingerprint density at radius 3 is 2.81 bits per heavy atom. The number of sulfonamides is 1. The maximum Gasteiger partial charge on any atom is 0.279 e. The second kappa shape index (κ2) is 6.59. The molecule has 7 nitrogen and oxygen atoms in total. The van der Waals surface area contributed by atoms with E-state index in [2.05, 4.69) is 14.7 Å². The van der Waals surface area contributed by atoms with E-state index in [4.69, 9.17) is 10.5 Å². The van der Waals surface area contributed by atoms with Gasteiger partial charge in [-0.1, -0.05) is 19.1 Å². The van der Waals surface area contributed by atoms with Gasteiger partial charge in [0.1, 0.15) is 18.2 Å². The predicted octanol–water partition coefficient (Wildman–Crippen LogP) is 1.11. The van der Waals surface area contributed by atoms with Gasteiger partial charge in [0.15, 0.2) is 5.03 Å². The molecule has 0 spiro atoms. The first-order valence-corrected chi connectivity index (χ1v) is 8.03. The molecule has 0 radical (unpaired) electrons. The summed E-state index contributed by atoms with van der Waals surface area (Å²) in [5.74, 6) is 1.05. The molecule has 0 aliphatic rings. The zero-order chi connectivity index (χ0) is 15.3. The summed E-state index contributed by atoms with van der Waals surface area (Å²) in [6, 6.07) is 6.78. The Balaban J connectivity index is 2.24. The summed E-state index contributed by atoms with van der Waals surface area (Å²) in [4.78, 5) is 6.76. The number of para-hydroxylation sites is 2. The highest BCUT2D eigenvalue weighted by Gasteiger charge is 2.18. The number of aromatic nitrogens is 2. The van der Waals surface area contributed by atoms with E-state index < -0.39 is 10.0 Å². The average Bonchev–Trinajstić information content (AvgIpc) is 2.96. The monoisotopic (exact) mass is 310 g/mol. The van der Waals surface area contributed by atoms with Gasteiger partial charge in [0.2, 0.25) is 0 Å². The van der Waals surface area contributed by atoms with Crippen molar-refractivity contribution in [1.29, 1.82) is 0 Å². The smallest absolute Gasteiger partial charge is 0.279 e. The summed E-state index contributed by atoms with van der Waals surface area (Å²) in [7, 11) is -3.73. The second-order valence-electron chi connectivity index (χ2n) is 4.29. The molecule has 0 atom stereocenters. The van der Waals surface area contributed by atoms with Gasteiger partial charge in [0, 0.05) is 13.0 Å². The third-order valence-electron chi connectivity index (χ3n) is 2.74. The highest BCUT2D eigenvalue weighted by Crippen LogP contribution is 2.26. The van der Waals surface area contributed by atoms with Crippen molar-refractivity contribution in [2.24, 2.45) is 5.73 Å². The number of H-pyrrole nitrogens is 1. The van der Waals surface area contributed by atoms with Gasteiger partial charge in [-0.25, -0.2) is 4.98 Å². The van der Waals surface area contributed by atoms with E-state index in [9.17, 15) is 8.42 Å². The lowest BCUT2D eigenvalue weighted by molar-refractivity contribution is 0.330. The molecule has 0 unspecified atom stereocenters. The molecule has 0 saturated carbocycles. The number of nitrogens with two attached hydrogens (primary N) is 1. The summed E-state index contributed by atoms with van der Waals surface area (Å²) in [6.45, 7) is 2.54. The predicted molar refractivity (Wildman–Crippen MR) is 79.8 cm³/mol. The SMILES string of the molecule is CCc1ncc(S(=O)(=O)Nc2ccccc2OCCN)[nH]1. The summed E-state index contributed by atoms with van der Waals surface area (Å²) in [6.07, 6.45) is 1.93. The molecule has 2 aromatic rings. The highest BCUT2D eigenvalue weighted by atomic mass is 32.2. The van der Waals surface area contributed by atoms with Crippen LogP contribution in [-0.4, -0.2) is 31.5 Å². The van der Waals surface area contributed by atoms with Crippen molar-refractivity contribution in [3.8, 4) is 5.75 Å². The number of nitrogens with zero attached hydrogens (tertiary/aromatic N) is 1. The Kier molecular flexibility index (Phi) is 4.81. The quantitative estimate of drug-likeness (QED) is 0.709. The Labute approximate surface area is 123 Å². The molecule has 1 aromatic carbocycles. The average molecular weight is 310 g/mol. The molecule has 8 heteroatoms. The first-order valence-electron chi connectivity index (χ1n) is 6.55. The number of nitrogens with one attached hydrogen (secondary N) is 2. The Morgan fingerprint density at radius 1 is 1.38 bits per heavy atom. The minimum Gasteiger partial charge on any atom is -0.490 e. The fourth-order valence-corrected chi connectivity index (χ4v) is 2.72. The number of aromatic amines is 1. The molecule has 0 amide bonds. The first-order chi connectivity index (χ1) is 10.1. The van der Waals surface area contributed by atoms with Gasteiger partial charge >= 0.3 is 0 Å². The van der Waals surface area contributed by atoms with E-state index in [1.807, 2.05) is 6.92 Å². The number of hydrogen-bond donors (Lipinski definition) is 3. The Morgan fingerprint density at radius 2 is 2.14 bits per heavy atom. The van der Waals surface area contributed by atoms with Gasteiger partial charge in [-0.2, -0.15) is 8.42 Å². The van der Waals surface area contributed by atoms with Crippen molar-refractivity contribution >= 4 is 15.7 Å². The highest BCUT2D eigenvalue weighted by molar-refractivity contribution is 7.92. The molecule has 1 heterocycles. The third kappa shape index (κ3) is 3.73. The van der Waals surface area contributed by atoms with Crippen LogP contribution in [0.15, 0.2) is 35.5 Å². The van der Waals surface area contributed by atoms with Crippen LogP contribution in [-0.2, 0) is 16.4 Å². The van der Waals surface area contributed by atoms with Crippen LogP contribution in [0.3, 0.4) is 0 Å². The molecular formula is C13H18N4O3S. The van der Waals surface area contributed by atoms with Gasteiger partial charge in [0.25, 0.3) is 10.0 Å². The molecule has 4 N–H and O–H groups in total. The van der Waals surface area contributed by atoms with Crippen molar-refractivity contribution in [1.82, 2.24) is 9.97 Å². The van der Waals surface area contributed by atoms with Crippen LogP contribution in [0.2, 0.25) is 0 Å². The molecular weight excluding hydrogens is 292 g/mol. The lowest BCUT2D eigenvalue weighted by Crippen LogP contribution is -2.16. The van der Waals surface area contributed by atoms with Crippen LogP contribution in [0.4, 0.5) is 5.69 Å². The summed E-state index contributed by atoms with van der Waals surface area (Å²) in [5, 5.41) is 0.0213. The van der Waals surface area contributed by atoms with E-state index in [-0.39, 0.29) is 5.03 Å². The van der Waals surface area contributed by atoms with Gasteiger partial charge in [-0.05, 0) is 12.1 Å². The number of imidazole rings is 1. The minimum absolute atomic E-state index is 0.0213. The van der Waals surface area contributed by atoms with E-state index in [1.54, 1.807) is 24.3 Å². The fourth-order valence-electron chi connectivity index (χ4n) is 1.70. The van der Waals surface area contributed by atoms with Gasteiger partial charge < -0.3 is 15.5 Å². The van der Waals surface area contributed by atoms with E-state index in [0.29, 0.717) is 36.8 Å². The topological polar surface area (TPSA) is 110 Å². The van der Waals surface area contributed by atoms with Gasteiger partial charge in [-0.15, -0.1) is 0 Å². The number of ether oxygens (including phenoxy) is 1. The number of hydrogen-bond acceptors (Lipinski definition) is 5. The molecule has 114 valence electrons. The summed E-state index contributed by atoms with van der Waals surface area (Å²) < 4.78 is 32.5. The molecule has 2 rings (SSSR count). The van der Waals surface area contributed by atoms with Crippen LogP contribution in [0.1, 0.15) is 12.7 Å². The number of benzene rings is 1. The van der Waals surface area contributed by atoms with E-state index in [1.165, 1.54) is 6.20 Å². The number of anilines is 1. The van der Waals surface area contributed by atoms with E-state index >= 15 is 0 Å².